The molecule has 6 heteroatoms. The van der Waals surface area contributed by atoms with Crippen LogP contribution >= 0.6 is 0 Å². The van der Waals surface area contributed by atoms with Gasteiger partial charge in [-0.3, -0.25) is 14.4 Å². The third-order valence-electron chi connectivity index (χ3n) is 12.0. The smallest absolute Gasteiger partial charge is 0.306 e. The van der Waals surface area contributed by atoms with Gasteiger partial charge in [0, 0.05) is 19.3 Å². The van der Waals surface area contributed by atoms with Crippen molar-refractivity contribution in [1.29, 1.82) is 0 Å². The molecule has 0 radical (unpaired) electrons. The number of hydrogen-bond acceptors (Lipinski definition) is 6. The van der Waals surface area contributed by atoms with E-state index in [0.717, 1.165) is 103 Å². The Bertz CT molecular complexity index is 1380. The maximum Gasteiger partial charge on any atom is 0.306 e. The number of carbonyl (C=O) groups excluding carboxylic acids is 3. The van der Waals surface area contributed by atoms with Gasteiger partial charge in [-0.25, -0.2) is 0 Å². The molecule has 0 aromatic carbocycles. The molecule has 0 aromatic heterocycles. The number of esters is 3. The molecular formula is C63H106O6. The normalized spacial score (nSPS) is 12.8. The van der Waals surface area contributed by atoms with Gasteiger partial charge in [-0.2, -0.15) is 0 Å². The molecule has 0 amide bonds. The minimum absolute atomic E-state index is 0.102. The van der Waals surface area contributed by atoms with E-state index in [4.69, 9.17) is 14.2 Å². The van der Waals surface area contributed by atoms with Gasteiger partial charge in [-0.15, -0.1) is 0 Å². The molecule has 0 saturated carbocycles. The second kappa shape index (κ2) is 56.9. The molecule has 394 valence electrons. The van der Waals surface area contributed by atoms with Crippen LogP contribution in [0, 0.1) is 0 Å². The fourth-order valence-electron chi connectivity index (χ4n) is 7.66. The maximum atomic E-state index is 12.8. The lowest BCUT2D eigenvalue weighted by Crippen LogP contribution is -2.30. The first-order valence-corrected chi connectivity index (χ1v) is 28.7. The fraction of sp³-hybridized carbons (Fsp3) is 0.698. The van der Waals surface area contributed by atoms with Crippen molar-refractivity contribution >= 4 is 17.9 Å². The van der Waals surface area contributed by atoms with Crippen LogP contribution in [0.15, 0.2) is 97.2 Å². The topological polar surface area (TPSA) is 78.9 Å². The molecule has 0 heterocycles. The number of allylic oxidation sites excluding steroid dienone is 16. The molecule has 0 spiro atoms. The summed E-state index contributed by atoms with van der Waals surface area (Å²) in [6.45, 7) is 6.51. The predicted octanol–water partition coefficient (Wildman–Crippen LogP) is 19.3. The highest BCUT2D eigenvalue weighted by atomic mass is 16.6. The monoisotopic (exact) mass is 959 g/mol. The maximum absolute atomic E-state index is 12.8. The Labute approximate surface area is 426 Å². The second-order valence-electron chi connectivity index (χ2n) is 18.8. The van der Waals surface area contributed by atoms with Crippen LogP contribution in [0.1, 0.15) is 265 Å². The second-order valence-corrected chi connectivity index (χ2v) is 18.8. The van der Waals surface area contributed by atoms with Gasteiger partial charge in [0.25, 0.3) is 0 Å². The first kappa shape index (κ1) is 65.3. The molecule has 0 aliphatic heterocycles. The Kier molecular flexibility index (Phi) is 53.9. The van der Waals surface area contributed by atoms with Crippen molar-refractivity contribution in [2.45, 2.75) is 271 Å². The predicted molar refractivity (Wildman–Crippen MR) is 297 cm³/mol. The summed E-state index contributed by atoms with van der Waals surface area (Å²) in [5, 5.41) is 0. The zero-order valence-corrected chi connectivity index (χ0v) is 45.0. The number of ether oxygens (including phenoxy) is 3. The van der Waals surface area contributed by atoms with Crippen molar-refractivity contribution in [2.75, 3.05) is 13.2 Å². The van der Waals surface area contributed by atoms with E-state index in [1.54, 1.807) is 0 Å². The number of unbranched alkanes of at least 4 members (excludes halogenated alkanes) is 24. The molecule has 0 N–H and O–H groups in total. The molecular weight excluding hydrogens is 853 g/mol. The molecule has 0 rings (SSSR count). The Morgan fingerprint density at radius 2 is 0.522 bits per heavy atom. The van der Waals surface area contributed by atoms with Gasteiger partial charge in [0.1, 0.15) is 13.2 Å². The molecule has 0 saturated heterocycles. The molecule has 69 heavy (non-hydrogen) atoms. The molecule has 0 aliphatic rings. The van der Waals surface area contributed by atoms with Crippen LogP contribution in [0.5, 0.6) is 0 Å². The first-order valence-electron chi connectivity index (χ1n) is 28.7. The molecule has 0 bridgehead atoms. The van der Waals surface area contributed by atoms with Crippen molar-refractivity contribution in [3.63, 3.8) is 0 Å². The van der Waals surface area contributed by atoms with Crippen molar-refractivity contribution < 1.29 is 28.6 Å². The number of hydrogen-bond donors (Lipinski definition) is 0. The lowest BCUT2D eigenvalue weighted by atomic mass is 10.1. The summed E-state index contributed by atoms with van der Waals surface area (Å²) in [4.78, 5) is 38.1. The Hall–Kier alpha value is -3.67. The Morgan fingerprint density at radius 3 is 0.841 bits per heavy atom. The van der Waals surface area contributed by atoms with E-state index in [1.807, 2.05) is 0 Å². The molecule has 0 aromatic rings. The number of rotatable bonds is 51. The Balaban J connectivity index is 4.48. The van der Waals surface area contributed by atoms with Gasteiger partial charge < -0.3 is 14.2 Å². The van der Waals surface area contributed by atoms with Gasteiger partial charge in [-0.1, -0.05) is 214 Å². The molecule has 1 atom stereocenters. The van der Waals surface area contributed by atoms with Gasteiger partial charge in [0.05, 0.1) is 0 Å². The summed E-state index contributed by atoms with van der Waals surface area (Å²) in [6.07, 6.45) is 75.3. The third-order valence-corrected chi connectivity index (χ3v) is 12.0. The van der Waals surface area contributed by atoms with Crippen molar-refractivity contribution in [3.05, 3.63) is 97.2 Å². The van der Waals surface area contributed by atoms with E-state index in [-0.39, 0.29) is 31.1 Å². The van der Waals surface area contributed by atoms with Crippen LogP contribution in [0.3, 0.4) is 0 Å². The van der Waals surface area contributed by atoms with Crippen molar-refractivity contribution in [2.24, 2.45) is 0 Å². The minimum atomic E-state index is -0.808. The van der Waals surface area contributed by atoms with Crippen molar-refractivity contribution in [3.8, 4) is 0 Å². The van der Waals surface area contributed by atoms with Gasteiger partial charge in [0.2, 0.25) is 0 Å². The fourth-order valence-corrected chi connectivity index (χ4v) is 7.66. The van der Waals surface area contributed by atoms with Crippen LogP contribution in [0.2, 0.25) is 0 Å². The highest BCUT2D eigenvalue weighted by Gasteiger charge is 2.19. The standard InChI is InChI=1S/C63H106O6/c1-4-7-10-13-16-19-22-25-28-30-31-33-35-38-41-44-47-50-53-56-62(65)68-59-60(58-67-61(64)55-52-49-46-43-40-37-34-27-24-21-18-15-12-9-6-3)69-63(66)57-54-51-48-45-42-39-36-32-29-26-23-20-17-14-11-8-5-2/h16-21,25-29,34,36,39-40,43,60H,4-15,22-24,30-33,35,37-38,41-42,44-59H2,1-3H3/b19-16-,20-17-,21-18-,28-25-,29-26-,34-27-,39-36-,43-40-/t60-/m0/s1. The van der Waals surface area contributed by atoms with Gasteiger partial charge >= 0.3 is 17.9 Å². The quantitative estimate of drug-likeness (QED) is 0.0262. The summed E-state index contributed by atoms with van der Waals surface area (Å²) in [7, 11) is 0. The van der Waals surface area contributed by atoms with E-state index < -0.39 is 6.10 Å². The van der Waals surface area contributed by atoms with Crippen molar-refractivity contribution in [1.82, 2.24) is 0 Å². The minimum Gasteiger partial charge on any atom is -0.462 e. The Morgan fingerprint density at radius 1 is 0.290 bits per heavy atom. The lowest BCUT2D eigenvalue weighted by Gasteiger charge is -2.18. The van der Waals surface area contributed by atoms with E-state index in [0.29, 0.717) is 19.3 Å². The van der Waals surface area contributed by atoms with E-state index in [2.05, 4.69) is 118 Å². The van der Waals surface area contributed by atoms with E-state index in [1.165, 1.54) is 122 Å². The summed E-state index contributed by atoms with van der Waals surface area (Å²) >= 11 is 0. The highest BCUT2D eigenvalue weighted by molar-refractivity contribution is 5.71. The molecule has 0 fully saturated rings. The van der Waals surface area contributed by atoms with E-state index in [9.17, 15) is 14.4 Å². The average molecular weight is 960 g/mol. The molecule has 0 unspecified atom stereocenters. The third kappa shape index (κ3) is 55.1. The van der Waals surface area contributed by atoms with Crippen LogP contribution in [0.4, 0.5) is 0 Å². The average Bonchev–Trinajstić information content (AvgIpc) is 3.35. The van der Waals surface area contributed by atoms with Gasteiger partial charge in [-0.05, 0) is 128 Å². The zero-order valence-electron chi connectivity index (χ0n) is 45.0. The SMILES string of the molecule is CCCCC/C=C\C/C=C\C/C=C\CCCCCCC(=O)O[C@@H](COC(=O)CCCC/C=C\C/C=C\C/C=C\CCCCC)COC(=O)CCCCCCCCCCC/C=C\C/C=C\CCCCC. The van der Waals surface area contributed by atoms with Crippen LogP contribution < -0.4 is 0 Å². The van der Waals surface area contributed by atoms with E-state index >= 15 is 0 Å². The van der Waals surface area contributed by atoms with Crippen LogP contribution in [-0.2, 0) is 28.6 Å². The van der Waals surface area contributed by atoms with Crippen LogP contribution in [-0.4, -0.2) is 37.2 Å². The largest absolute Gasteiger partial charge is 0.462 e. The zero-order chi connectivity index (χ0) is 50.0. The summed E-state index contributed by atoms with van der Waals surface area (Å²) < 4.78 is 16.8. The first-order chi connectivity index (χ1) is 34.0. The molecule has 0 aliphatic carbocycles. The lowest BCUT2D eigenvalue weighted by molar-refractivity contribution is -0.167. The summed E-state index contributed by atoms with van der Waals surface area (Å²) in [5.41, 5.74) is 0. The van der Waals surface area contributed by atoms with Crippen LogP contribution in [0.25, 0.3) is 0 Å². The highest BCUT2D eigenvalue weighted by Crippen LogP contribution is 2.14. The summed E-state index contributed by atoms with van der Waals surface area (Å²) in [6, 6.07) is 0. The number of carbonyl (C=O) groups is 3. The van der Waals surface area contributed by atoms with Gasteiger partial charge in [0.15, 0.2) is 6.10 Å². The molecule has 6 nitrogen and oxygen atoms in total. The summed E-state index contributed by atoms with van der Waals surface area (Å²) in [5.74, 6) is -0.965.